The van der Waals surface area contributed by atoms with Crippen LogP contribution in [-0.4, -0.2) is 21.3 Å². The van der Waals surface area contributed by atoms with E-state index in [1.54, 1.807) is 12.4 Å². The molecule has 0 saturated heterocycles. The lowest BCUT2D eigenvalue weighted by atomic mass is 10.8. The van der Waals surface area contributed by atoms with E-state index in [-0.39, 0.29) is 5.91 Å². The summed E-state index contributed by atoms with van der Waals surface area (Å²) >= 11 is 3.42. The number of rotatable bonds is 0. The molecular formula is C4H8N4OS. The Morgan fingerprint density at radius 2 is 2.00 bits per heavy atom. The van der Waals surface area contributed by atoms with Crippen LogP contribution in [0, 0.1) is 0 Å². The first-order valence-electron chi connectivity index (χ1n) is 2.47. The quantitative estimate of drug-likeness (QED) is 0.459. The van der Waals surface area contributed by atoms with Crippen LogP contribution in [-0.2, 0) is 4.79 Å². The highest BCUT2D eigenvalue weighted by molar-refractivity contribution is 7.78. The zero-order valence-electron chi connectivity index (χ0n) is 5.40. The van der Waals surface area contributed by atoms with Crippen LogP contribution in [0.4, 0.5) is 0 Å². The third-order valence-corrected chi connectivity index (χ3v) is 0.804. The molecule has 0 unspecified atom stereocenters. The van der Waals surface area contributed by atoms with E-state index in [9.17, 15) is 4.79 Å². The second-order valence-corrected chi connectivity index (χ2v) is 1.55. The normalized spacial score (nSPS) is 7.40. The number of aromatic amines is 1. The molecule has 2 N–H and O–H groups in total. The van der Waals surface area contributed by atoms with E-state index < -0.39 is 0 Å². The van der Waals surface area contributed by atoms with Crippen LogP contribution in [0.1, 0.15) is 6.92 Å². The summed E-state index contributed by atoms with van der Waals surface area (Å²) < 4.78 is 2.08. The van der Waals surface area contributed by atoms with E-state index in [1.807, 2.05) is 0 Å². The number of amides is 1. The number of nitrogens with zero attached hydrogens (tertiary/aromatic N) is 2. The van der Waals surface area contributed by atoms with Crippen LogP contribution in [0.5, 0.6) is 0 Å². The number of nitrogens with one attached hydrogen (secondary N) is 2. The Bertz CT molecular complexity index is 147. The van der Waals surface area contributed by atoms with Gasteiger partial charge in [0.1, 0.15) is 0 Å². The SMILES string of the molecule is CC(=O)NS.c1cn[nH]n1. The topological polar surface area (TPSA) is 70.7 Å². The van der Waals surface area contributed by atoms with Gasteiger partial charge in [-0.1, -0.05) is 12.8 Å². The van der Waals surface area contributed by atoms with Crippen LogP contribution in [0.3, 0.4) is 0 Å². The van der Waals surface area contributed by atoms with Gasteiger partial charge in [0, 0.05) is 6.92 Å². The second kappa shape index (κ2) is 6.09. The number of hydrogen-bond donors (Lipinski definition) is 3. The highest BCUT2D eigenvalue weighted by atomic mass is 32.1. The van der Waals surface area contributed by atoms with Crippen molar-refractivity contribution in [2.75, 3.05) is 0 Å². The van der Waals surface area contributed by atoms with Gasteiger partial charge in [-0.2, -0.15) is 15.4 Å². The largest absolute Gasteiger partial charge is 0.303 e. The summed E-state index contributed by atoms with van der Waals surface area (Å²) in [6.07, 6.45) is 3.17. The van der Waals surface area contributed by atoms with Crippen molar-refractivity contribution < 1.29 is 4.79 Å². The van der Waals surface area contributed by atoms with Crippen LogP contribution < -0.4 is 4.72 Å². The monoisotopic (exact) mass is 160 g/mol. The van der Waals surface area contributed by atoms with E-state index in [4.69, 9.17) is 0 Å². The lowest BCUT2D eigenvalue weighted by Crippen LogP contribution is -2.04. The summed E-state index contributed by atoms with van der Waals surface area (Å²) in [5.74, 6) is -0.131. The van der Waals surface area contributed by atoms with Gasteiger partial charge >= 0.3 is 0 Å². The van der Waals surface area contributed by atoms with Gasteiger partial charge in [0.05, 0.1) is 12.4 Å². The standard InChI is InChI=1S/C2H3N3.C2H5NOS/c1-2-4-5-3-1;1-2(4)3-5/h1-2H,(H,3,4,5);5H,1H3,(H,3,4). The van der Waals surface area contributed by atoms with Gasteiger partial charge in [0.25, 0.3) is 0 Å². The minimum Gasteiger partial charge on any atom is -0.303 e. The molecule has 0 saturated carbocycles. The van der Waals surface area contributed by atoms with Crippen molar-refractivity contribution in [1.82, 2.24) is 20.1 Å². The van der Waals surface area contributed by atoms with E-state index in [2.05, 4.69) is 32.9 Å². The molecule has 1 heterocycles. The van der Waals surface area contributed by atoms with Crippen molar-refractivity contribution >= 4 is 18.7 Å². The predicted octanol–water partition coefficient (Wildman–Crippen LogP) is -0.228. The molecule has 56 valence electrons. The zero-order valence-corrected chi connectivity index (χ0v) is 6.30. The number of H-pyrrole nitrogens is 1. The number of carbonyl (C=O) groups is 1. The Kier molecular flexibility index (Phi) is 5.45. The Hall–Kier alpha value is -1.04. The molecule has 0 atom stereocenters. The Morgan fingerprint density at radius 1 is 1.60 bits per heavy atom. The van der Waals surface area contributed by atoms with E-state index in [0.717, 1.165) is 0 Å². The van der Waals surface area contributed by atoms with Crippen LogP contribution >= 0.6 is 12.8 Å². The predicted molar refractivity (Wildman–Crippen MR) is 39.2 cm³/mol. The van der Waals surface area contributed by atoms with Gasteiger partial charge in [-0.15, -0.1) is 0 Å². The van der Waals surface area contributed by atoms with Crippen molar-refractivity contribution in [2.24, 2.45) is 0 Å². The van der Waals surface area contributed by atoms with E-state index in [1.165, 1.54) is 6.92 Å². The first-order valence-corrected chi connectivity index (χ1v) is 2.92. The van der Waals surface area contributed by atoms with Crippen LogP contribution in [0.2, 0.25) is 0 Å². The first-order chi connectivity index (χ1) is 4.77. The van der Waals surface area contributed by atoms with Crippen molar-refractivity contribution in [1.29, 1.82) is 0 Å². The molecule has 5 nitrogen and oxygen atoms in total. The molecule has 0 radical (unpaired) electrons. The summed E-state index contributed by atoms with van der Waals surface area (Å²) in [5, 5.41) is 9.33. The third kappa shape index (κ3) is 6.96. The molecule has 0 spiro atoms. The summed E-state index contributed by atoms with van der Waals surface area (Å²) in [5.41, 5.74) is 0. The maximum Gasteiger partial charge on any atom is 0.226 e. The van der Waals surface area contributed by atoms with Crippen molar-refractivity contribution in [3.05, 3.63) is 12.4 Å². The Morgan fingerprint density at radius 3 is 2.10 bits per heavy atom. The molecule has 0 aliphatic rings. The third-order valence-electron chi connectivity index (χ3n) is 0.489. The van der Waals surface area contributed by atoms with Gasteiger partial charge in [-0.25, -0.2) is 0 Å². The molecule has 0 bridgehead atoms. The molecule has 1 amide bonds. The van der Waals surface area contributed by atoms with Gasteiger partial charge in [0.2, 0.25) is 5.91 Å². The van der Waals surface area contributed by atoms with Gasteiger partial charge in [-0.3, -0.25) is 4.79 Å². The fraction of sp³-hybridized carbons (Fsp3) is 0.250. The minimum absolute atomic E-state index is 0.131. The minimum atomic E-state index is -0.131. The molecule has 1 aromatic rings. The van der Waals surface area contributed by atoms with Crippen molar-refractivity contribution in [3.63, 3.8) is 0 Å². The lowest BCUT2D eigenvalue weighted by molar-refractivity contribution is -0.117. The molecular weight excluding hydrogens is 152 g/mol. The maximum absolute atomic E-state index is 9.62. The van der Waals surface area contributed by atoms with Gasteiger partial charge < -0.3 is 4.72 Å². The average molecular weight is 160 g/mol. The maximum atomic E-state index is 9.62. The smallest absolute Gasteiger partial charge is 0.226 e. The Labute approximate surface area is 63.8 Å². The van der Waals surface area contributed by atoms with Crippen molar-refractivity contribution in [3.8, 4) is 0 Å². The second-order valence-electron chi connectivity index (χ2n) is 1.32. The van der Waals surface area contributed by atoms with Crippen LogP contribution in [0.15, 0.2) is 12.4 Å². The van der Waals surface area contributed by atoms with E-state index >= 15 is 0 Å². The number of aromatic nitrogens is 3. The summed E-state index contributed by atoms with van der Waals surface area (Å²) in [7, 11) is 0. The van der Waals surface area contributed by atoms with Crippen LogP contribution in [0.25, 0.3) is 0 Å². The molecule has 0 aliphatic carbocycles. The van der Waals surface area contributed by atoms with Gasteiger partial charge in [-0.05, 0) is 0 Å². The Balaban J connectivity index is 0.000000162. The number of thiol groups is 1. The number of carbonyl (C=O) groups excluding carboxylic acids is 1. The number of hydrogen-bond acceptors (Lipinski definition) is 4. The molecule has 1 aromatic heterocycles. The molecule has 10 heavy (non-hydrogen) atoms. The molecule has 6 heteroatoms. The average Bonchev–Trinajstić information content (AvgIpc) is 2.43. The molecule has 0 aliphatic heterocycles. The van der Waals surface area contributed by atoms with Crippen molar-refractivity contribution in [2.45, 2.75) is 6.92 Å². The fourth-order valence-electron chi connectivity index (χ4n) is 0.167. The van der Waals surface area contributed by atoms with E-state index in [0.29, 0.717) is 0 Å². The summed E-state index contributed by atoms with van der Waals surface area (Å²) in [4.78, 5) is 9.62. The first kappa shape index (κ1) is 8.96. The molecule has 0 aromatic carbocycles. The highest BCUT2D eigenvalue weighted by Crippen LogP contribution is 1.57. The molecule has 0 fully saturated rings. The summed E-state index contributed by atoms with van der Waals surface area (Å²) in [6, 6.07) is 0. The summed E-state index contributed by atoms with van der Waals surface area (Å²) in [6.45, 7) is 1.40. The molecule has 1 rings (SSSR count). The zero-order chi connectivity index (χ0) is 7.82. The fourth-order valence-corrected chi connectivity index (χ4v) is 0.167. The van der Waals surface area contributed by atoms with Gasteiger partial charge in [0.15, 0.2) is 0 Å². The lowest BCUT2D eigenvalue weighted by Gasteiger charge is -1.78. The highest BCUT2D eigenvalue weighted by Gasteiger charge is 1.73.